The molecule has 1 aromatic heterocycles. The van der Waals surface area contributed by atoms with Gasteiger partial charge in [-0.3, -0.25) is 12.9 Å². The molecule has 3 heterocycles. The molecule has 2 fully saturated rings. The number of fused-ring (bicyclic) bond motifs is 1. The number of nitrogen functional groups attached to an aromatic ring is 1. The monoisotopic (exact) mass is 289 g/mol. The van der Waals surface area contributed by atoms with Crippen LogP contribution in [0.15, 0.2) is 17.1 Å². The Morgan fingerprint density at radius 2 is 2.21 bits per heavy atom. The van der Waals surface area contributed by atoms with Crippen molar-refractivity contribution in [3.05, 3.63) is 22.7 Å². The normalized spacial score (nSPS) is 37.4. The number of hydrogen-bond acceptors (Lipinski definition) is 8. The zero-order valence-corrected chi connectivity index (χ0v) is 10.4. The van der Waals surface area contributed by atoms with Crippen molar-refractivity contribution in [1.82, 2.24) is 9.55 Å². The van der Waals surface area contributed by atoms with Gasteiger partial charge in [0.2, 0.25) is 0 Å². The number of hydrogen-bond donors (Lipinski definition) is 2. The zero-order valence-electron chi connectivity index (χ0n) is 9.54. The minimum Gasteiger partial charge on any atom is -0.394 e. The van der Waals surface area contributed by atoms with Gasteiger partial charge in [-0.1, -0.05) is 0 Å². The van der Waals surface area contributed by atoms with E-state index < -0.39 is 41.6 Å². The third-order valence-electron chi connectivity index (χ3n) is 2.97. The van der Waals surface area contributed by atoms with Gasteiger partial charge in [-0.2, -0.15) is 9.19 Å². The van der Waals surface area contributed by atoms with Gasteiger partial charge in [-0.05, 0) is 6.07 Å². The van der Waals surface area contributed by atoms with Crippen molar-refractivity contribution in [2.75, 3.05) is 12.3 Å². The van der Waals surface area contributed by atoms with Crippen LogP contribution in [-0.2, 0) is 24.5 Å². The second-order valence-corrected chi connectivity index (χ2v) is 4.91. The third-order valence-corrected chi connectivity index (χ3v) is 3.73. The summed E-state index contributed by atoms with van der Waals surface area (Å²) in [6.07, 6.45) is -1.63. The van der Waals surface area contributed by atoms with Crippen LogP contribution in [0.1, 0.15) is 6.23 Å². The maximum absolute atomic E-state index is 11.7. The Balaban J connectivity index is 1.96. The Labute approximate surface area is 109 Å². The van der Waals surface area contributed by atoms with E-state index in [4.69, 9.17) is 18.8 Å². The number of nitrogens with zero attached hydrogens (tertiary/aromatic N) is 2. The minimum atomic E-state index is -1.91. The summed E-state index contributed by atoms with van der Waals surface area (Å²) in [5, 5.41) is 9.19. The number of ether oxygens (including phenoxy) is 1. The van der Waals surface area contributed by atoms with Crippen molar-refractivity contribution in [3.8, 4) is 0 Å². The predicted octanol–water partition coefficient (Wildman–Crippen LogP) is -1.92. The first-order valence-corrected chi connectivity index (χ1v) is 6.47. The quantitative estimate of drug-likeness (QED) is 0.645. The van der Waals surface area contributed by atoms with E-state index in [2.05, 4.69) is 4.98 Å². The maximum Gasteiger partial charge on any atom is 0.351 e. The smallest absolute Gasteiger partial charge is 0.351 e. The molecule has 10 heteroatoms. The lowest BCUT2D eigenvalue weighted by Gasteiger charge is -2.17. The van der Waals surface area contributed by atoms with E-state index >= 15 is 0 Å². The molecule has 0 bridgehead atoms. The van der Waals surface area contributed by atoms with Crippen LogP contribution in [0.5, 0.6) is 0 Å². The summed E-state index contributed by atoms with van der Waals surface area (Å²) >= 11 is -1.91. The van der Waals surface area contributed by atoms with Crippen LogP contribution >= 0.6 is 0 Å². The Bertz CT molecular complexity index is 577. The summed E-state index contributed by atoms with van der Waals surface area (Å²) in [5.41, 5.74) is 4.78. The highest BCUT2D eigenvalue weighted by atomic mass is 32.2. The summed E-state index contributed by atoms with van der Waals surface area (Å²) in [5.74, 6) is 0.0849. The number of aromatic nitrogens is 2. The zero-order chi connectivity index (χ0) is 13.6. The van der Waals surface area contributed by atoms with Crippen molar-refractivity contribution in [3.63, 3.8) is 0 Å². The fourth-order valence-electron chi connectivity index (χ4n) is 2.12. The lowest BCUT2D eigenvalue weighted by molar-refractivity contribution is -0.0561. The van der Waals surface area contributed by atoms with Gasteiger partial charge in [0.15, 0.2) is 12.3 Å². The van der Waals surface area contributed by atoms with Crippen LogP contribution in [0.2, 0.25) is 0 Å². The summed E-state index contributed by atoms with van der Waals surface area (Å²) in [6.45, 7) is -0.338. The second-order valence-electron chi connectivity index (χ2n) is 4.12. The van der Waals surface area contributed by atoms with E-state index in [1.54, 1.807) is 0 Å². The first-order valence-electron chi connectivity index (χ1n) is 5.47. The first-order chi connectivity index (χ1) is 9.10. The molecule has 0 aromatic carbocycles. The second kappa shape index (κ2) is 4.65. The van der Waals surface area contributed by atoms with Gasteiger partial charge in [0.25, 0.3) is 0 Å². The SMILES string of the molecule is Nc1ccn([C@@H]2O[C@H](CO)[C@H]3OS(=O)O[C@H]32)c(=O)n1. The van der Waals surface area contributed by atoms with E-state index in [0.29, 0.717) is 0 Å². The molecular formula is C9H11N3O6S. The van der Waals surface area contributed by atoms with Gasteiger partial charge in [-0.25, -0.2) is 4.79 Å². The third kappa shape index (κ3) is 2.07. The number of aliphatic hydroxyl groups excluding tert-OH is 1. The van der Waals surface area contributed by atoms with Gasteiger partial charge in [0.05, 0.1) is 6.61 Å². The molecule has 19 heavy (non-hydrogen) atoms. The fraction of sp³-hybridized carbons (Fsp3) is 0.556. The number of aliphatic hydroxyl groups is 1. The van der Waals surface area contributed by atoms with E-state index in [9.17, 15) is 14.1 Å². The van der Waals surface area contributed by atoms with E-state index in [-0.39, 0.29) is 12.4 Å². The molecule has 0 radical (unpaired) electrons. The van der Waals surface area contributed by atoms with Crippen molar-refractivity contribution in [2.24, 2.45) is 0 Å². The number of anilines is 1. The Morgan fingerprint density at radius 3 is 2.89 bits per heavy atom. The molecule has 2 aliphatic rings. The van der Waals surface area contributed by atoms with E-state index in [1.807, 2.05) is 0 Å². The average Bonchev–Trinajstić information content (AvgIpc) is 2.87. The predicted molar refractivity (Wildman–Crippen MR) is 61.8 cm³/mol. The van der Waals surface area contributed by atoms with Crippen molar-refractivity contribution < 1.29 is 22.4 Å². The summed E-state index contributed by atoms with van der Waals surface area (Å²) in [7, 11) is 0. The van der Waals surface area contributed by atoms with Gasteiger partial charge in [0.1, 0.15) is 18.0 Å². The lowest BCUT2D eigenvalue weighted by atomic mass is 10.1. The minimum absolute atomic E-state index is 0.0849. The van der Waals surface area contributed by atoms with Gasteiger partial charge < -0.3 is 15.6 Å². The topological polar surface area (TPSA) is 126 Å². The highest BCUT2D eigenvalue weighted by Crippen LogP contribution is 2.37. The summed E-state index contributed by atoms with van der Waals surface area (Å²) in [6, 6.07) is 1.43. The molecule has 0 amide bonds. The molecule has 2 saturated heterocycles. The molecule has 2 aliphatic heterocycles. The Kier molecular flexibility index (Phi) is 3.11. The van der Waals surface area contributed by atoms with Crippen LogP contribution in [0.3, 0.4) is 0 Å². The van der Waals surface area contributed by atoms with Gasteiger partial charge in [-0.15, -0.1) is 0 Å². The summed E-state index contributed by atoms with van der Waals surface area (Å²) in [4.78, 5) is 15.3. The molecular weight excluding hydrogens is 278 g/mol. The molecule has 3 N–H and O–H groups in total. The first kappa shape index (κ1) is 12.7. The molecule has 5 atom stereocenters. The highest BCUT2D eigenvalue weighted by Gasteiger charge is 2.53. The van der Waals surface area contributed by atoms with Gasteiger partial charge >= 0.3 is 17.1 Å². The average molecular weight is 289 g/mol. The summed E-state index contributed by atoms with van der Waals surface area (Å²) < 4.78 is 28.0. The lowest BCUT2D eigenvalue weighted by Crippen LogP contribution is -2.34. The van der Waals surface area contributed by atoms with Gasteiger partial charge in [0, 0.05) is 6.20 Å². The van der Waals surface area contributed by atoms with Crippen LogP contribution in [0, 0.1) is 0 Å². The standard InChI is InChI=1S/C9H11N3O6S/c10-5-1-2-12(9(14)11-5)8-7-6(4(3-13)16-8)17-19(15)18-7/h1-2,4,6-8,13H,3H2,(H2,10,11,14)/t4-,6-,7-,8-,19?/m1/s1. The number of nitrogens with two attached hydrogens (primary N) is 1. The molecule has 9 nitrogen and oxygen atoms in total. The van der Waals surface area contributed by atoms with Crippen molar-refractivity contribution in [2.45, 2.75) is 24.5 Å². The van der Waals surface area contributed by atoms with Crippen LogP contribution in [-0.4, -0.2) is 43.8 Å². The highest BCUT2D eigenvalue weighted by molar-refractivity contribution is 7.75. The molecule has 0 spiro atoms. The largest absolute Gasteiger partial charge is 0.394 e. The van der Waals surface area contributed by atoms with Crippen LogP contribution in [0.4, 0.5) is 5.82 Å². The van der Waals surface area contributed by atoms with Crippen LogP contribution in [0.25, 0.3) is 0 Å². The molecule has 1 unspecified atom stereocenters. The van der Waals surface area contributed by atoms with Crippen LogP contribution < -0.4 is 11.4 Å². The maximum atomic E-state index is 11.7. The van der Waals surface area contributed by atoms with Crippen molar-refractivity contribution in [1.29, 1.82) is 0 Å². The van der Waals surface area contributed by atoms with Crippen molar-refractivity contribution >= 4 is 17.2 Å². The molecule has 0 saturated carbocycles. The number of rotatable bonds is 2. The van der Waals surface area contributed by atoms with E-state index in [1.165, 1.54) is 12.3 Å². The fourth-order valence-corrected chi connectivity index (χ4v) is 2.97. The molecule has 1 aromatic rings. The molecule has 3 rings (SSSR count). The Morgan fingerprint density at radius 1 is 1.47 bits per heavy atom. The Hall–Kier alpha value is -1.33. The molecule has 104 valence electrons. The molecule has 0 aliphatic carbocycles. The van der Waals surface area contributed by atoms with E-state index in [0.717, 1.165) is 4.57 Å².